The Balaban J connectivity index is 1.96. The minimum absolute atomic E-state index is 0.184. The van der Waals surface area contributed by atoms with E-state index in [1.807, 2.05) is 6.07 Å². The number of hydrogen-bond acceptors (Lipinski definition) is 5. The molecule has 0 radical (unpaired) electrons. The number of pyridine rings is 1. The van der Waals surface area contributed by atoms with Crippen molar-refractivity contribution in [2.75, 3.05) is 24.2 Å². The lowest BCUT2D eigenvalue weighted by Gasteiger charge is -2.08. The number of nitrogens with two attached hydrogens (primary N) is 1. The summed E-state index contributed by atoms with van der Waals surface area (Å²) in [6.07, 6.45) is 1.59. The van der Waals surface area contributed by atoms with E-state index in [4.69, 9.17) is 10.5 Å². The Labute approximate surface area is 134 Å². The van der Waals surface area contributed by atoms with Crippen LogP contribution in [-0.2, 0) is 0 Å². The third-order valence-electron chi connectivity index (χ3n) is 2.79. The minimum Gasteiger partial charge on any atom is -0.492 e. The predicted octanol–water partition coefficient (Wildman–Crippen LogP) is 2.78. The van der Waals surface area contributed by atoms with Gasteiger partial charge in [-0.15, -0.1) is 11.8 Å². The van der Waals surface area contributed by atoms with Crippen LogP contribution in [0.15, 0.2) is 47.6 Å². The van der Waals surface area contributed by atoms with E-state index >= 15 is 0 Å². The summed E-state index contributed by atoms with van der Waals surface area (Å²) in [5.74, 6) is 1.50. The van der Waals surface area contributed by atoms with Gasteiger partial charge in [-0.3, -0.25) is 4.79 Å². The van der Waals surface area contributed by atoms with Crippen LogP contribution >= 0.6 is 11.8 Å². The molecule has 0 spiro atoms. The number of ether oxygens (including phenoxy) is 1. The van der Waals surface area contributed by atoms with Gasteiger partial charge in [0, 0.05) is 18.4 Å². The number of hydrogen-bond donors (Lipinski definition) is 2. The molecule has 2 aromatic rings. The summed E-state index contributed by atoms with van der Waals surface area (Å²) in [6, 6.07) is 10.8. The molecule has 0 aliphatic carbocycles. The summed E-state index contributed by atoms with van der Waals surface area (Å²) in [7, 11) is 0. The molecular formula is C16H19N3O2S. The third kappa shape index (κ3) is 4.75. The van der Waals surface area contributed by atoms with E-state index in [0.717, 1.165) is 16.5 Å². The van der Waals surface area contributed by atoms with Gasteiger partial charge in [-0.25, -0.2) is 4.98 Å². The molecule has 6 heteroatoms. The first-order valence-corrected chi connectivity index (χ1v) is 8.04. The number of rotatable bonds is 7. The lowest BCUT2D eigenvalue weighted by molar-refractivity contribution is 0.102. The number of nitrogens with zero attached hydrogens (tertiary/aromatic N) is 1. The van der Waals surface area contributed by atoms with Gasteiger partial charge in [-0.05, 0) is 42.2 Å². The Morgan fingerprint density at radius 2 is 2.05 bits per heavy atom. The van der Waals surface area contributed by atoms with Crippen molar-refractivity contribution in [3.05, 3.63) is 48.2 Å². The molecule has 1 amide bonds. The van der Waals surface area contributed by atoms with Gasteiger partial charge in [-0.2, -0.15) is 0 Å². The summed E-state index contributed by atoms with van der Waals surface area (Å²) >= 11 is 1.64. The molecule has 0 aliphatic heterocycles. The second kappa shape index (κ2) is 8.41. The summed E-state index contributed by atoms with van der Waals surface area (Å²) in [6.45, 7) is 3.01. The van der Waals surface area contributed by atoms with Crippen molar-refractivity contribution in [1.29, 1.82) is 0 Å². The fourth-order valence-electron chi connectivity index (χ4n) is 1.76. The highest BCUT2D eigenvalue weighted by Crippen LogP contribution is 2.17. The molecule has 1 heterocycles. The van der Waals surface area contributed by atoms with Crippen LogP contribution in [0.5, 0.6) is 5.75 Å². The molecule has 0 bridgehead atoms. The fraction of sp³-hybridized carbons (Fsp3) is 0.250. The molecule has 0 atom stereocenters. The maximum absolute atomic E-state index is 12.1. The number of carbonyl (C=O) groups excluding carboxylic acids is 1. The first kappa shape index (κ1) is 16.3. The Morgan fingerprint density at radius 3 is 2.64 bits per heavy atom. The van der Waals surface area contributed by atoms with Crippen LogP contribution in [-0.4, -0.2) is 29.8 Å². The molecule has 0 fully saturated rings. The van der Waals surface area contributed by atoms with Gasteiger partial charge in [-0.1, -0.05) is 6.92 Å². The SMILES string of the molecule is CCSc1ccc(C(=O)Nc2ccc(OCCN)cc2)cn1. The largest absolute Gasteiger partial charge is 0.492 e. The Morgan fingerprint density at radius 1 is 1.27 bits per heavy atom. The van der Waals surface area contributed by atoms with E-state index in [1.165, 1.54) is 0 Å². The number of nitrogens with one attached hydrogen (secondary N) is 1. The third-order valence-corrected chi connectivity index (χ3v) is 3.62. The zero-order valence-electron chi connectivity index (χ0n) is 12.4. The minimum atomic E-state index is -0.184. The topological polar surface area (TPSA) is 77.2 Å². The molecule has 0 unspecified atom stereocenters. The second-order valence-electron chi connectivity index (χ2n) is 4.43. The highest BCUT2D eigenvalue weighted by molar-refractivity contribution is 7.99. The van der Waals surface area contributed by atoms with Gasteiger partial charge in [0.25, 0.3) is 5.91 Å². The molecule has 22 heavy (non-hydrogen) atoms. The van der Waals surface area contributed by atoms with Crippen molar-refractivity contribution in [2.24, 2.45) is 5.73 Å². The van der Waals surface area contributed by atoms with E-state index in [1.54, 1.807) is 48.3 Å². The van der Waals surface area contributed by atoms with Crippen LogP contribution in [0.1, 0.15) is 17.3 Å². The fourth-order valence-corrected chi connectivity index (χ4v) is 2.35. The van der Waals surface area contributed by atoms with Crippen molar-refractivity contribution >= 4 is 23.4 Å². The molecule has 1 aromatic carbocycles. The Bertz CT molecular complexity index is 600. The summed E-state index contributed by atoms with van der Waals surface area (Å²) in [4.78, 5) is 16.4. The Hall–Kier alpha value is -2.05. The van der Waals surface area contributed by atoms with E-state index in [2.05, 4.69) is 17.2 Å². The van der Waals surface area contributed by atoms with Gasteiger partial charge in [0.2, 0.25) is 0 Å². The molecule has 0 saturated heterocycles. The number of anilines is 1. The maximum atomic E-state index is 12.1. The van der Waals surface area contributed by atoms with Crippen LogP contribution < -0.4 is 15.8 Å². The van der Waals surface area contributed by atoms with Crippen LogP contribution in [0, 0.1) is 0 Å². The molecule has 0 aliphatic rings. The van der Waals surface area contributed by atoms with Crippen LogP contribution in [0.4, 0.5) is 5.69 Å². The van der Waals surface area contributed by atoms with Crippen LogP contribution in [0.25, 0.3) is 0 Å². The number of carbonyl (C=O) groups is 1. The van der Waals surface area contributed by atoms with E-state index in [0.29, 0.717) is 24.4 Å². The van der Waals surface area contributed by atoms with Crippen LogP contribution in [0.3, 0.4) is 0 Å². The predicted molar refractivity (Wildman–Crippen MR) is 89.6 cm³/mol. The number of benzene rings is 1. The van der Waals surface area contributed by atoms with E-state index in [9.17, 15) is 4.79 Å². The Kier molecular flexibility index (Phi) is 6.24. The van der Waals surface area contributed by atoms with Crippen molar-refractivity contribution in [2.45, 2.75) is 11.9 Å². The highest BCUT2D eigenvalue weighted by Gasteiger charge is 2.07. The van der Waals surface area contributed by atoms with Gasteiger partial charge in [0.05, 0.1) is 10.6 Å². The maximum Gasteiger partial charge on any atom is 0.257 e. The summed E-state index contributed by atoms with van der Waals surface area (Å²) in [5.41, 5.74) is 6.61. The van der Waals surface area contributed by atoms with E-state index in [-0.39, 0.29) is 5.91 Å². The van der Waals surface area contributed by atoms with Crippen molar-refractivity contribution in [3.63, 3.8) is 0 Å². The first-order valence-electron chi connectivity index (χ1n) is 7.06. The van der Waals surface area contributed by atoms with E-state index < -0.39 is 0 Å². The normalized spacial score (nSPS) is 10.3. The molecule has 5 nitrogen and oxygen atoms in total. The summed E-state index contributed by atoms with van der Waals surface area (Å²) in [5, 5.41) is 3.74. The van der Waals surface area contributed by atoms with Crippen LogP contribution in [0.2, 0.25) is 0 Å². The first-order chi connectivity index (χ1) is 10.7. The van der Waals surface area contributed by atoms with Gasteiger partial charge < -0.3 is 15.8 Å². The molecule has 116 valence electrons. The molecule has 1 aromatic heterocycles. The smallest absolute Gasteiger partial charge is 0.257 e. The standard InChI is InChI=1S/C16H19N3O2S/c1-2-22-15-8-3-12(11-18-15)16(20)19-13-4-6-14(7-5-13)21-10-9-17/h3-8,11H,2,9-10,17H2,1H3,(H,19,20). The van der Waals surface area contributed by atoms with Gasteiger partial charge in [0.15, 0.2) is 0 Å². The molecule has 3 N–H and O–H groups in total. The summed E-state index contributed by atoms with van der Waals surface area (Å²) < 4.78 is 5.39. The monoisotopic (exact) mass is 317 g/mol. The zero-order valence-corrected chi connectivity index (χ0v) is 13.2. The van der Waals surface area contributed by atoms with Gasteiger partial charge >= 0.3 is 0 Å². The average Bonchev–Trinajstić information content (AvgIpc) is 2.55. The molecule has 2 rings (SSSR count). The highest BCUT2D eigenvalue weighted by atomic mass is 32.2. The molecule has 0 saturated carbocycles. The number of amides is 1. The second-order valence-corrected chi connectivity index (χ2v) is 5.72. The van der Waals surface area contributed by atoms with Crippen molar-refractivity contribution in [3.8, 4) is 5.75 Å². The van der Waals surface area contributed by atoms with Gasteiger partial charge in [0.1, 0.15) is 12.4 Å². The average molecular weight is 317 g/mol. The lowest BCUT2D eigenvalue weighted by Crippen LogP contribution is -2.12. The number of aromatic nitrogens is 1. The number of thioether (sulfide) groups is 1. The molecular weight excluding hydrogens is 298 g/mol. The zero-order chi connectivity index (χ0) is 15.8. The lowest BCUT2D eigenvalue weighted by atomic mass is 10.2. The van der Waals surface area contributed by atoms with Crippen molar-refractivity contribution < 1.29 is 9.53 Å². The quantitative estimate of drug-likeness (QED) is 0.768. The van der Waals surface area contributed by atoms with Crippen molar-refractivity contribution in [1.82, 2.24) is 4.98 Å².